The predicted molar refractivity (Wildman–Crippen MR) is 57.0 cm³/mol. The molecule has 0 aliphatic carbocycles. The lowest BCUT2D eigenvalue weighted by Gasteiger charge is -2.19. The molecule has 76 valence electrons. The van der Waals surface area contributed by atoms with Crippen molar-refractivity contribution in [1.82, 2.24) is 9.97 Å². The maximum atomic E-state index is 5.84. The molecule has 0 atom stereocenters. The summed E-state index contributed by atoms with van der Waals surface area (Å²) in [6.07, 6.45) is 2.39. The first-order chi connectivity index (χ1) is 6.68. The number of rotatable bonds is 1. The van der Waals surface area contributed by atoms with Gasteiger partial charge in [0.1, 0.15) is 11.5 Å². The number of hydrogen-bond acceptors (Lipinski definition) is 5. The highest BCUT2D eigenvalue weighted by molar-refractivity contribution is 5.73. The molecule has 2 rings (SSSR count). The molecule has 0 spiro atoms. The number of anilines is 3. The van der Waals surface area contributed by atoms with Gasteiger partial charge in [-0.25, -0.2) is 9.97 Å². The Morgan fingerprint density at radius 3 is 2.43 bits per heavy atom. The lowest BCUT2D eigenvalue weighted by molar-refractivity contribution is 0.916. The average Bonchev–Trinajstić information content (AvgIpc) is 2.63. The maximum absolute atomic E-state index is 5.84. The van der Waals surface area contributed by atoms with E-state index < -0.39 is 0 Å². The van der Waals surface area contributed by atoms with Crippen LogP contribution in [0, 0.1) is 6.92 Å². The van der Waals surface area contributed by atoms with Crippen molar-refractivity contribution in [3.05, 3.63) is 5.82 Å². The second-order valence-corrected chi connectivity index (χ2v) is 3.59. The Balaban J connectivity index is 2.40. The fraction of sp³-hybridized carbons (Fsp3) is 0.556. The summed E-state index contributed by atoms with van der Waals surface area (Å²) < 4.78 is 0. The van der Waals surface area contributed by atoms with E-state index in [1.807, 2.05) is 6.92 Å². The van der Waals surface area contributed by atoms with Gasteiger partial charge in [0.15, 0.2) is 11.6 Å². The summed E-state index contributed by atoms with van der Waals surface area (Å²) in [6.45, 7) is 3.86. The van der Waals surface area contributed by atoms with Gasteiger partial charge < -0.3 is 16.4 Å². The van der Waals surface area contributed by atoms with Crippen LogP contribution < -0.4 is 16.4 Å². The molecule has 0 saturated carbocycles. The van der Waals surface area contributed by atoms with E-state index in [9.17, 15) is 0 Å². The van der Waals surface area contributed by atoms with E-state index in [1.54, 1.807) is 0 Å². The minimum absolute atomic E-state index is 0.388. The van der Waals surface area contributed by atoms with E-state index in [0.717, 1.165) is 18.9 Å². The van der Waals surface area contributed by atoms with Crippen molar-refractivity contribution >= 4 is 17.3 Å². The Morgan fingerprint density at radius 2 is 1.79 bits per heavy atom. The first-order valence-electron chi connectivity index (χ1n) is 4.83. The average molecular weight is 193 g/mol. The lowest BCUT2D eigenvalue weighted by atomic mass is 10.4. The zero-order valence-corrected chi connectivity index (χ0v) is 8.32. The minimum atomic E-state index is 0.388. The van der Waals surface area contributed by atoms with Gasteiger partial charge in [-0.1, -0.05) is 0 Å². The fourth-order valence-electron chi connectivity index (χ4n) is 1.76. The van der Waals surface area contributed by atoms with E-state index in [0.29, 0.717) is 17.3 Å². The van der Waals surface area contributed by atoms with Crippen molar-refractivity contribution < 1.29 is 0 Å². The number of nitrogens with two attached hydrogens (primary N) is 2. The second-order valence-electron chi connectivity index (χ2n) is 3.59. The molecule has 0 amide bonds. The summed E-state index contributed by atoms with van der Waals surface area (Å²) in [5.74, 6) is 1.87. The molecule has 2 heterocycles. The molecule has 1 aromatic rings. The summed E-state index contributed by atoms with van der Waals surface area (Å²) in [4.78, 5) is 10.5. The van der Waals surface area contributed by atoms with Crippen molar-refractivity contribution in [3.63, 3.8) is 0 Å². The predicted octanol–water partition coefficient (Wildman–Crippen LogP) is 0.550. The van der Waals surface area contributed by atoms with Gasteiger partial charge >= 0.3 is 0 Å². The van der Waals surface area contributed by atoms with Crippen molar-refractivity contribution in [1.29, 1.82) is 0 Å². The van der Waals surface area contributed by atoms with E-state index in [1.165, 1.54) is 12.8 Å². The third-order valence-electron chi connectivity index (χ3n) is 2.47. The zero-order chi connectivity index (χ0) is 10.1. The third kappa shape index (κ3) is 1.45. The van der Waals surface area contributed by atoms with Gasteiger partial charge in [-0.2, -0.15) is 0 Å². The molecule has 0 aromatic carbocycles. The Labute approximate surface area is 83.1 Å². The highest BCUT2D eigenvalue weighted by Gasteiger charge is 2.18. The van der Waals surface area contributed by atoms with Gasteiger partial charge in [-0.3, -0.25) is 0 Å². The number of aryl methyl sites for hydroxylation is 1. The van der Waals surface area contributed by atoms with Crippen LogP contribution in [-0.2, 0) is 0 Å². The number of nitrogen functional groups attached to an aromatic ring is 2. The molecule has 0 radical (unpaired) electrons. The molecule has 1 aliphatic rings. The van der Waals surface area contributed by atoms with Gasteiger partial charge in [0.2, 0.25) is 0 Å². The highest BCUT2D eigenvalue weighted by atomic mass is 15.2. The standard InChI is InChI=1S/C9H15N5/c1-6-12-8(11)7(10)9(13-6)14-4-2-3-5-14/h2-5,10H2,1H3,(H2,11,12,13). The van der Waals surface area contributed by atoms with Crippen LogP contribution in [0.25, 0.3) is 0 Å². The number of hydrogen-bond donors (Lipinski definition) is 2. The van der Waals surface area contributed by atoms with Crippen LogP contribution in [0.5, 0.6) is 0 Å². The first kappa shape index (κ1) is 9.05. The largest absolute Gasteiger partial charge is 0.393 e. The summed E-state index contributed by atoms with van der Waals surface area (Å²) in [5, 5.41) is 0. The Morgan fingerprint density at radius 1 is 1.14 bits per heavy atom. The summed E-state index contributed by atoms with van der Waals surface area (Å²) in [6, 6.07) is 0. The third-order valence-corrected chi connectivity index (χ3v) is 2.47. The topological polar surface area (TPSA) is 81.1 Å². The van der Waals surface area contributed by atoms with E-state index in [4.69, 9.17) is 11.5 Å². The van der Waals surface area contributed by atoms with Gasteiger partial charge in [0.25, 0.3) is 0 Å². The smallest absolute Gasteiger partial charge is 0.157 e. The fourth-order valence-corrected chi connectivity index (χ4v) is 1.76. The molecule has 5 nitrogen and oxygen atoms in total. The van der Waals surface area contributed by atoms with Crippen molar-refractivity contribution in [2.24, 2.45) is 0 Å². The van der Waals surface area contributed by atoms with Crippen molar-refractivity contribution in [3.8, 4) is 0 Å². The summed E-state index contributed by atoms with van der Waals surface area (Å²) in [5.41, 5.74) is 12.0. The van der Waals surface area contributed by atoms with Crippen LogP contribution in [0.2, 0.25) is 0 Å². The van der Waals surface area contributed by atoms with E-state index in [-0.39, 0.29) is 0 Å². The van der Waals surface area contributed by atoms with Crippen LogP contribution >= 0.6 is 0 Å². The normalized spacial score (nSPS) is 16.2. The Hall–Kier alpha value is -1.52. The van der Waals surface area contributed by atoms with E-state index in [2.05, 4.69) is 14.9 Å². The molecule has 1 saturated heterocycles. The van der Waals surface area contributed by atoms with Gasteiger partial charge in [0, 0.05) is 13.1 Å². The molecular weight excluding hydrogens is 178 g/mol. The molecule has 0 bridgehead atoms. The highest BCUT2D eigenvalue weighted by Crippen LogP contribution is 2.27. The molecule has 1 aliphatic heterocycles. The SMILES string of the molecule is Cc1nc(N)c(N)c(N2CCCC2)n1. The molecule has 5 heteroatoms. The van der Waals surface area contributed by atoms with Crippen molar-refractivity contribution in [2.45, 2.75) is 19.8 Å². The quantitative estimate of drug-likeness (QED) is 0.680. The van der Waals surface area contributed by atoms with Crippen LogP contribution in [0.15, 0.2) is 0 Å². The van der Waals surface area contributed by atoms with Gasteiger partial charge in [-0.15, -0.1) is 0 Å². The molecule has 4 N–H and O–H groups in total. The lowest BCUT2D eigenvalue weighted by Crippen LogP contribution is -2.22. The summed E-state index contributed by atoms with van der Waals surface area (Å²) >= 11 is 0. The zero-order valence-electron chi connectivity index (χ0n) is 8.32. The van der Waals surface area contributed by atoms with Crippen LogP contribution in [-0.4, -0.2) is 23.1 Å². The molecular formula is C9H15N5. The van der Waals surface area contributed by atoms with Gasteiger partial charge in [0.05, 0.1) is 0 Å². The number of aromatic nitrogens is 2. The summed E-state index contributed by atoms with van der Waals surface area (Å²) in [7, 11) is 0. The first-order valence-corrected chi connectivity index (χ1v) is 4.83. The van der Waals surface area contributed by atoms with Crippen molar-refractivity contribution in [2.75, 3.05) is 29.5 Å². The van der Waals surface area contributed by atoms with Crippen LogP contribution in [0.1, 0.15) is 18.7 Å². The molecule has 14 heavy (non-hydrogen) atoms. The maximum Gasteiger partial charge on any atom is 0.157 e. The van der Waals surface area contributed by atoms with Crippen LogP contribution in [0.4, 0.5) is 17.3 Å². The number of nitrogens with zero attached hydrogens (tertiary/aromatic N) is 3. The molecule has 1 aromatic heterocycles. The monoisotopic (exact) mass is 193 g/mol. The second kappa shape index (κ2) is 3.32. The van der Waals surface area contributed by atoms with E-state index >= 15 is 0 Å². The Bertz CT molecular complexity index is 343. The van der Waals surface area contributed by atoms with Crippen LogP contribution in [0.3, 0.4) is 0 Å². The molecule has 1 fully saturated rings. The molecule has 0 unspecified atom stereocenters. The van der Waals surface area contributed by atoms with Gasteiger partial charge in [-0.05, 0) is 19.8 Å². The minimum Gasteiger partial charge on any atom is -0.393 e. The Kier molecular flexibility index (Phi) is 2.15.